The van der Waals surface area contributed by atoms with Crippen molar-refractivity contribution in [1.29, 1.82) is 0 Å². The van der Waals surface area contributed by atoms with Gasteiger partial charge in [0.2, 0.25) is 5.91 Å². The Balaban J connectivity index is 1.45. The number of aryl methyl sites for hydroxylation is 1. The van der Waals surface area contributed by atoms with E-state index in [4.69, 9.17) is 4.74 Å². The molecule has 1 N–H and O–H groups in total. The van der Waals surface area contributed by atoms with Crippen molar-refractivity contribution < 1.29 is 14.3 Å². The second-order valence-corrected chi connectivity index (χ2v) is 8.16. The molecule has 4 rings (SSSR count). The van der Waals surface area contributed by atoms with Crippen LogP contribution in [0.15, 0.2) is 24.3 Å². The summed E-state index contributed by atoms with van der Waals surface area (Å²) in [7, 11) is 0. The number of anilines is 1. The summed E-state index contributed by atoms with van der Waals surface area (Å²) in [6.07, 6.45) is 3.89. The SMILES string of the molecule is CCOC(=O)c1c(NC(=O)CN2CCc3ccccc3C2)sc2c1CCC2. The van der Waals surface area contributed by atoms with Crippen LogP contribution in [0.1, 0.15) is 45.3 Å². The van der Waals surface area contributed by atoms with Gasteiger partial charge in [0.1, 0.15) is 5.00 Å². The molecule has 1 aliphatic carbocycles. The molecule has 0 saturated carbocycles. The minimum atomic E-state index is -0.320. The molecule has 0 saturated heterocycles. The van der Waals surface area contributed by atoms with E-state index >= 15 is 0 Å². The smallest absolute Gasteiger partial charge is 0.341 e. The van der Waals surface area contributed by atoms with Crippen molar-refractivity contribution in [2.45, 2.75) is 39.2 Å². The zero-order valence-electron chi connectivity index (χ0n) is 15.5. The molecule has 142 valence electrons. The highest BCUT2D eigenvalue weighted by Crippen LogP contribution is 2.39. The first-order valence-corrected chi connectivity index (χ1v) is 10.4. The number of carbonyl (C=O) groups is 2. The highest BCUT2D eigenvalue weighted by Gasteiger charge is 2.28. The predicted molar refractivity (Wildman–Crippen MR) is 106 cm³/mol. The van der Waals surface area contributed by atoms with Crippen LogP contribution in [0.2, 0.25) is 0 Å². The van der Waals surface area contributed by atoms with Crippen molar-refractivity contribution in [3.8, 4) is 0 Å². The van der Waals surface area contributed by atoms with E-state index in [0.29, 0.717) is 23.7 Å². The van der Waals surface area contributed by atoms with Gasteiger partial charge in [-0.15, -0.1) is 11.3 Å². The van der Waals surface area contributed by atoms with Gasteiger partial charge in [0, 0.05) is 18.0 Å². The number of carbonyl (C=O) groups excluding carboxylic acids is 2. The lowest BCUT2D eigenvalue weighted by molar-refractivity contribution is -0.117. The van der Waals surface area contributed by atoms with Crippen LogP contribution in [0.25, 0.3) is 0 Å². The molecule has 0 unspecified atom stereocenters. The normalized spacial score (nSPS) is 15.9. The van der Waals surface area contributed by atoms with Crippen molar-refractivity contribution in [3.63, 3.8) is 0 Å². The van der Waals surface area contributed by atoms with Crippen molar-refractivity contribution in [2.24, 2.45) is 0 Å². The fraction of sp³-hybridized carbons (Fsp3) is 0.429. The number of nitrogens with zero attached hydrogens (tertiary/aromatic N) is 1. The third kappa shape index (κ3) is 3.77. The van der Waals surface area contributed by atoms with Crippen LogP contribution in [0.5, 0.6) is 0 Å². The molecule has 0 fully saturated rings. The Labute approximate surface area is 163 Å². The standard InChI is InChI=1S/C21H24N2O3S/c1-2-26-21(25)19-16-8-5-9-17(16)27-20(19)22-18(24)13-23-11-10-14-6-3-4-7-15(14)12-23/h3-4,6-7H,2,5,8-13H2,1H3,(H,22,24). The van der Waals surface area contributed by atoms with Gasteiger partial charge in [-0.05, 0) is 49.3 Å². The summed E-state index contributed by atoms with van der Waals surface area (Å²) in [5.41, 5.74) is 4.31. The number of esters is 1. The van der Waals surface area contributed by atoms with Crippen LogP contribution in [0.4, 0.5) is 5.00 Å². The number of amides is 1. The number of hydrogen-bond donors (Lipinski definition) is 1. The maximum Gasteiger partial charge on any atom is 0.341 e. The van der Waals surface area contributed by atoms with Gasteiger partial charge in [-0.2, -0.15) is 0 Å². The van der Waals surface area contributed by atoms with Gasteiger partial charge in [0.15, 0.2) is 0 Å². The fourth-order valence-corrected chi connectivity index (χ4v) is 5.26. The summed E-state index contributed by atoms with van der Waals surface area (Å²) >= 11 is 1.53. The highest BCUT2D eigenvalue weighted by atomic mass is 32.1. The number of hydrogen-bond acceptors (Lipinski definition) is 5. The second kappa shape index (κ2) is 7.82. The Bertz CT molecular complexity index is 874. The van der Waals surface area contributed by atoms with Crippen LogP contribution in [0.3, 0.4) is 0 Å². The molecule has 0 atom stereocenters. The minimum Gasteiger partial charge on any atom is -0.462 e. The Morgan fingerprint density at radius 2 is 2.00 bits per heavy atom. The van der Waals surface area contributed by atoms with E-state index in [2.05, 4.69) is 28.4 Å². The zero-order valence-corrected chi connectivity index (χ0v) is 16.4. The first-order chi connectivity index (χ1) is 13.2. The van der Waals surface area contributed by atoms with Crippen LogP contribution >= 0.6 is 11.3 Å². The first-order valence-electron chi connectivity index (χ1n) is 9.56. The maximum absolute atomic E-state index is 12.7. The average molecular weight is 385 g/mol. The third-order valence-electron chi connectivity index (χ3n) is 5.23. The van der Waals surface area contributed by atoms with Crippen LogP contribution < -0.4 is 5.32 Å². The van der Waals surface area contributed by atoms with Crippen LogP contribution in [0, 0.1) is 0 Å². The second-order valence-electron chi connectivity index (χ2n) is 7.06. The zero-order chi connectivity index (χ0) is 18.8. The molecule has 2 heterocycles. The number of fused-ring (bicyclic) bond motifs is 2. The average Bonchev–Trinajstić information content (AvgIpc) is 3.22. The Morgan fingerprint density at radius 3 is 2.81 bits per heavy atom. The fourth-order valence-electron chi connectivity index (χ4n) is 3.97. The topological polar surface area (TPSA) is 58.6 Å². The number of nitrogens with one attached hydrogen (secondary N) is 1. The van der Waals surface area contributed by atoms with Crippen molar-refractivity contribution in [1.82, 2.24) is 4.90 Å². The van der Waals surface area contributed by atoms with E-state index in [1.807, 2.05) is 6.07 Å². The van der Waals surface area contributed by atoms with Gasteiger partial charge in [0.05, 0.1) is 18.7 Å². The van der Waals surface area contributed by atoms with Gasteiger partial charge >= 0.3 is 5.97 Å². The molecule has 1 amide bonds. The molecule has 1 aliphatic heterocycles. The summed E-state index contributed by atoms with van der Waals surface area (Å²) in [6.45, 7) is 4.13. The molecule has 1 aromatic carbocycles. The lowest BCUT2D eigenvalue weighted by Gasteiger charge is -2.28. The molecule has 0 bridgehead atoms. The molecule has 5 nitrogen and oxygen atoms in total. The number of thiophene rings is 1. The van der Waals surface area contributed by atoms with Crippen molar-refractivity contribution in [2.75, 3.05) is 25.0 Å². The number of benzene rings is 1. The molecular formula is C21H24N2O3S. The van der Waals surface area contributed by atoms with E-state index in [1.165, 1.54) is 27.3 Å². The lowest BCUT2D eigenvalue weighted by atomic mass is 10.00. The monoisotopic (exact) mass is 384 g/mol. The summed E-state index contributed by atoms with van der Waals surface area (Å²) < 4.78 is 5.23. The summed E-state index contributed by atoms with van der Waals surface area (Å²) in [5.74, 6) is -0.390. The van der Waals surface area contributed by atoms with Gasteiger partial charge in [0.25, 0.3) is 0 Å². The molecule has 27 heavy (non-hydrogen) atoms. The Hall–Kier alpha value is -2.18. The minimum absolute atomic E-state index is 0.0696. The van der Waals surface area contributed by atoms with Crippen LogP contribution in [-0.2, 0) is 35.3 Å². The first kappa shape index (κ1) is 18.2. The van der Waals surface area contributed by atoms with E-state index in [9.17, 15) is 9.59 Å². The van der Waals surface area contributed by atoms with E-state index < -0.39 is 0 Å². The Kier molecular flexibility index (Phi) is 5.27. The van der Waals surface area contributed by atoms with E-state index in [0.717, 1.165) is 44.3 Å². The predicted octanol–water partition coefficient (Wildman–Crippen LogP) is 3.41. The highest BCUT2D eigenvalue weighted by molar-refractivity contribution is 7.17. The summed E-state index contributed by atoms with van der Waals surface area (Å²) in [5, 5.41) is 3.64. The molecule has 0 spiro atoms. The molecule has 2 aliphatic rings. The van der Waals surface area contributed by atoms with Crippen LogP contribution in [-0.4, -0.2) is 36.5 Å². The quantitative estimate of drug-likeness (QED) is 0.803. The van der Waals surface area contributed by atoms with Crippen molar-refractivity contribution >= 4 is 28.2 Å². The third-order valence-corrected chi connectivity index (χ3v) is 6.44. The largest absolute Gasteiger partial charge is 0.462 e. The summed E-state index contributed by atoms with van der Waals surface area (Å²) in [6, 6.07) is 8.39. The van der Waals surface area contributed by atoms with E-state index in [-0.39, 0.29) is 11.9 Å². The Morgan fingerprint density at radius 1 is 1.19 bits per heavy atom. The van der Waals surface area contributed by atoms with Crippen molar-refractivity contribution in [3.05, 3.63) is 51.4 Å². The molecule has 6 heteroatoms. The van der Waals surface area contributed by atoms with Gasteiger partial charge < -0.3 is 10.1 Å². The molecule has 2 aromatic rings. The van der Waals surface area contributed by atoms with Gasteiger partial charge in [-0.25, -0.2) is 4.79 Å². The summed E-state index contributed by atoms with van der Waals surface area (Å²) in [4.78, 5) is 28.4. The van der Waals surface area contributed by atoms with Gasteiger partial charge in [-0.3, -0.25) is 9.69 Å². The maximum atomic E-state index is 12.7. The molecule has 1 aromatic heterocycles. The number of ether oxygens (including phenoxy) is 1. The van der Waals surface area contributed by atoms with E-state index in [1.54, 1.807) is 6.92 Å². The van der Waals surface area contributed by atoms with Gasteiger partial charge in [-0.1, -0.05) is 24.3 Å². The molecular weight excluding hydrogens is 360 g/mol. The number of rotatable bonds is 5. The molecule has 0 radical (unpaired) electrons. The lowest BCUT2D eigenvalue weighted by Crippen LogP contribution is -2.37.